The summed E-state index contributed by atoms with van der Waals surface area (Å²) >= 11 is 0. The molecule has 0 N–H and O–H groups in total. The van der Waals surface area contributed by atoms with Crippen LogP contribution >= 0.6 is 0 Å². The number of hydrogen-bond acceptors (Lipinski definition) is 4. The third kappa shape index (κ3) is 2.61. The average molecular weight is 309 g/mol. The number of carbonyl (C=O) groups is 3. The predicted octanol–water partition coefficient (Wildman–Crippen LogP) is 2.51. The molecule has 5 nitrogen and oxygen atoms in total. The number of Topliss-reactive ketones (excluding diaryl/α,β-unsaturated/α-hetero) is 1. The highest BCUT2D eigenvalue weighted by Crippen LogP contribution is 2.31. The molecule has 1 aliphatic heterocycles. The molecule has 0 saturated carbocycles. The van der Waals surface area contributed by atoms with Gasteiger partial charge in [-0.25, -0.2) is 4.79 Å². The minimum absolute atomic E-state index is 0.228. The Kier molecular flexibility index (Phi) is 3.70. The number of carbonyl (C=O) groups excluding carboxylic acids is 3. The van der Waals surface area contributed by atoms with Crippen molar-refractivity contribution in [2.75, 3.05) is 12.0 Å². The quantitative estimate of drug-likeness (QED) is 0.645. The molecule has 2 aromatic carbocycles. The Labute approximate surface area is 133 Å². The second-order valence-electron chi connectivity index (χ2n) is 5.43. The lowest BCUT2D eigenvalue weighted by atomic mass is 10.1. The molecule has 3 rings (SSSR count). The summed E-state index contributed by atoms with van der Waals surface area (Å²) in [4.78, 5) is 37.4. The van der Waals surface area contributed by atoms with E-state index in [1.165, 1.54) is 12.0 Å². The van der Waals surface area contributed by atoms with Crippen molar-refractivity contribution >= 4 is 23.3 Å². The van der Waals surface area contributed by atoms with Crippen LogP contribution in [0.2, 0.25) is 0 Å². The fraction of sp³-hybridized carbons (Fsp3) is 0.167. The first-order valence-electron chi connectivity index (χ1n) is 7.15. The molecule has 1 amide bonds. The van der Waals surface area contributed by atoms with Gasteiger partial charge in [0.05, 0.1) is 30.5 Å². The van der Waals surface area contributed by atoms with Gasteiger partial charge in [0.25, 0.3) is 11.7 Å². The van der Waals surface area contributed by atoms with Crippen molar-refractivity contribution in [3.63, 3.8) is 0 Å². The molecule has 1 aliphatic rings. The Morgan fingerprint density at radius 1 is 1.13 bits per heavy atom. The number of rotatable bonds is 3. The van der Waals surface area contributed by atoms with E-state index in [2.05, 4.69) is 0 Å². The van der Waals surface area contributed by atoms with Gasteiger partial charge in [-0.1, -0.05) is 23.8 Å². The Bertz CT molecular complexity index is 826. The number of esters is 1. The van der Waals surface area contributed by atoms with E-state index in [1.807, 2.05) is 13.0 Å². The van der Waals surface area contributed by atoms with E-state index in [9.17, 15) is 14.4 Å². The zero-order valence-corrected chi connectivity index (χ0v) is 12.8. The predicted molar refractivity (Wildman–Crippen MR) is 84.5 cm³/mol. The van der Waals surface area contributed by atoms with E-state index in [0.717, 1.165) is 11.1 Å². The summed E-state index contributed by atoms with van der Waals surface area (Å²) in [5.74, 6) is -1.48. The van der Waals surface area contributed by atoms with E-state index in [4.69, 9.17) is 4.74 Å². The first-order valence-corrected chi connectivity index (χ1v) is 7.15. The summed E-state index contributed by atoms with van der Waals surface area (Å²) in [5, 5.41) is 0. The van der Waals surface area contributed by atoms with Crippen LogP contribution in [0.1, 0.15) is 31.8 Å². The number of ketones is 1. The van der Waals surface area contributed by atoms with Crippen LogP contribution < -0.4 is 4.90 Å². The maximum atomic E-state index is 12.2. The maximum Gasteiger partial charge on any atom is 0.337 e. The summed E-state index contributed by atoms with van der Waals surface area (Å²) in [6.45, 7) is 2.10. The Hall–Kier alpha value is -2.95. The second kappa shape index (κ2) is 5.68. The van der Waals surface area contributed by atoms with E-state index in [0.29, 0.717) is 16.8 Å². The lowest BCUT2D eigenvalue weighted by Gasteiger charge is -2.17. The fourth-order valence-corrected chi connectivity index (χ4v) is 2.67. The van der Waals surface area contributed by atoms with Crippen LogP contribution in [0.5, 0.6) is 0 Å². The first-order chi connectivity index (χ1) is 11.0. The number of aryl methyl sites for hydroxylation is 1. The molecule has 5 heteroatoms. The molecule has 0 aliphatic carbocycles. The molecule has 116 valence electrons. The van der Waals surface area contributed by atoms with Crippen molar-refractivity contribution in [3.05, 3.63) is 64.7 Å². The van der Waals surface area contributed by atoms with Crippen molar-refractivity contribution in [3.8, 4) is 0 Å². The number of nitrogens with zero attached hydrogens (tertiary/aromatic N) is 1. The molecule has 1 heterocycles. The minimum Gasteiger partial charge on any atom is -0.465 e. The molecular formula is C18H15NO4. The third-order valence-electron chi connectivity index (χ3n) is 3.82. The van der Waals surface area contributed by atoms with Crippen LogP contribution in [0.25, 0.3) is 0 Å². The summed E-state index contributed by atoms with van der Waals surface area (Å²) in [5.41, 5.74) is 3.13. The van der Waals surface area contributed by atoms with Crippen LogP contribution in [-0.4, -0.2) is 24.8 Å². The number of ether oxygens (including phenoxy) is 1. The molecule has 0 saturated heterocycles. The summed E-state index contributed by atoms with van der Waals surface area (Å²) in [7, 11) is 1.32. The monoisotopic (exact) mass is 309 g/mol. The van der Waals surface area contributed by atoms with E-state index in [-0.39, 0.29) is 6.54 Å². The number of methoxy groups -OCH3 is 1. The van der Waals surface area contributed by atoms with E-state index < -0.39 is 17.7 Å². The highest BCUT2D eigenvalue weighted by molar-refractivity contribution is 6.52. The number of benzene rings is 2. The molecule has 0 unspecified atom stereocenters. The van der Waals surface area contributed by atoms with E-state index >= 15 is 0 Å². The number of anilines is 1. The van der Waals surface area contributed by atoms with Crippen LogP contribution in [0.4, 0.5) is 5.69 Å². The zero-order chi connectivity index (χ0) is 16.6. The smallest absolute Gasteiger partial charge is 0.337 e. The van der Waals surface area contributed by atoms with Gasteiger partial charge >= 0.3 is 5.97 Å². The zero-order valence-electron chi connectivity index (χ0n) is 12.8. The fourth-order valence-electron chi connectivity index (χ4n) is 2.67. The first kappa shape index (κ1) is 15.0. The SMILES string of the molecule is COC(=O)c1cccc(CN2C(=O)C(=O)c3cc(C)ccc32)c1. The second-order valence-corrected chi connectivity index (χ2v) is 5.43. The molecule has 2 aromatic rings. The number of amides is 1. The van der Waals surface area contributed by atoms with Gasteiger partial charge in [-0.15, -0.1) is 0 Å². The van der Waals surface area contributed by atoms with Gasteiger partial charge in [-0.3, -0.25) is 9.59 Å². The maximum absolute atomic E-state index is 12.2. The average Bonchev–Trinajstić information content (AvgIpc) is 2.79. The molecular weight excluding hydrogens is 294 g/mol. The highest BCUT2D eigenvalue weighted by Gasteiger charge is 2.35. The van der Waals surface area contributed by atoms with Crippen molar-refractivity contribution in [1.82, 2.24) is 0 Å². The third-order valence-corrected chi connectivity index (χ3v) is 3.82. The lowest BCUT2D eigenvalue weighted by molar-refractivity contribution is -0.114. The van der Waals surface area contributed by atoms with Gasteiger partial charge in [0.15, 0.2) is 0 Å². The van der Waals surface area contributed by atoms with Crippen LogP contribution in [0.3, 0.4) is 0 Å². The molecule has 0 aromatic heterocycles. The summed E-state index contributed by atoms with van der Waals surface area (Å²) in [6.07, 6.45) is 0. The van der Waals surface area contributed by atoms with Crippen LogP contribution in [0, 0.1) is 6.92 Å². The Morgan fingerprint density at radius 2 is 1.91 bits per heavy atom. The molecule has 0 radical (unpaired) electrons. The largest absolute Gasteiger partial charge is 0.465 e. The van der Waals surface area contributed by atoms with Crippen molar-refractivity contribution < 1.29 is 19.1 Å². The molecule has 0 spiro atoms. The van der Waals surface area contributed by atoms with E-state index in [1.54, 1.807) is 36.4 Å². The number of fused-ring (bicyclic) bond motifs is 1. The Morgan fingerprint density at radius 3 is 2.65 bits per heavy atom. The molecule has 0 atom stereocenters. The van der Waals surface area contributed by atoms with Gasteiger partial charge in [0, 0.05) is 0 Å². The Balaban J connectivity index is 1.94. The molecule has 0 bridgehead atoms. The van der Waals surface area contributed by atoms with Crippen LogP contribution in [-0.2, 0) is 16.1 Å². The summed E-state index contributed by atoms with van der Waals surface area (Å²) < 4.78 is 4.70. The standard InChI is InChI=1S/C18H15NO4/c1-11-6-7-15-14(8-11)16(20)17(21)19(15)10-12-4-3-5-13(9-12)18(22)23-2/h3-9H,10H2,1-2H3. The summed E-state index contributed by atoms with van der Waals surface area (Å²) in [6, 6.07) is 12.2. The van der Waals surface area contributed by atoms with Crippen molar-refractivity contribution in [2.24, 2.45) is 0 Å². The molecule has 23 heavy (non-hydrogen) atoms. The van der Waals surface area contributed by atoms with Crippen LogP contribution in [0.15, 0.2) is 42.5 Å². The minimum atomic E-state index is -0.547. The van der Waals surface area contributed by atoms with Gasteiger partial charge in [-0.05, 0) is 36.8 Å². The van der Waals surface area contributed by atoms with Gasteiger partial charge in [0.2, 0.25) is 0 Å². The van der Waals surface area contributed by atoms with Gasteiger partial charge in [-0.2, -0.15) is 0 Å². The number of hydrogen-bond donors (Lipinski definition) is 0. The molecule has 0 fully saturated rings. The highest BCUT2D eigenvalue weighted by atomic mass is 16.5. The van der Waals surface area contributed by atoms with Crippen molar-refractivity contribution in [2.45, 2.75) is 13.5 Å². The normalized spacial score (nSPS) is 13.2. The van der Waals surface area contributed by atoms with Crippen molar-refractivity contribution in [1.29, 1.82) is 0 Å². The van der Waals surface area contributed by atoms with Gasteiger partial charge < -0.3 is 9.64 Å². The topological polar surface area (TPSA) is 63.7 Å². The van der Waals surface area contributed by atoms with Gasteiger partial charge in [0.1, 0.15) is 0 Å². The lowest BCUT2D eigenvalue weighted by Crippen LogP contribution is -2.29.